The highest BCUT2D eigenvalue weighted by Crippen LogP contribution is 2.28. The van der Waals surface area contributed by atoms with E-state index in [-0.39, 0.29) is 18.5 Å². The van der Waals surface area contributed by atoms with Crippen LogP contribution in [0.2, 0.25) is 0 Å². The molecule has 4 nitrogen and oxygen atoms in total. The monoisotopic (exact) mass is 281 g/mol. The van der Waals surface area contributed by atoms with Crippen LogP contribution >= 0.6 is 0 Å². The maximum Gasteiger partial charge on any atom is 0.307 e. The van der Waals surface area contributed by atoms with Gasteiger partial charge in [0.15, 0.2) is 11.6 Å². The number of nitrogens with one attached hydrogen (secondary N) is 1. The van der Waals surface area contributed by atoms with Gasteiger partial charge in [-0.3, -0.25) is 9.59 Å². The van der Waals surface area contributed by atoms with Crippen LogP contribution in [0.5, 0.6) is 0 Å². The number of allylic oxidation sites excluding steroid dienone is 2. The Bertz CT molecular complexity index is 572. The van der Waals surface area contributed by atoms with Crippen molar-refractivity contribution in [2.45, 2.75) is 12.8 Å². The second-order valence-electron chi connectivity index (χ2n) is 4.58. The van der Waals surface area contributed by atoms with Gasteiger partial charge in [-0.2, -0.15) is 0 Å². The van der Waals surface area contributed by atoms with Gasteiger partial charge in [-0.05, 0) is 25.0 Å². The predicted molar refractivity (Wildman–Crippen MR) is 68.0 cm³/mol. The molecule has 0 aliphatic heterocycles. The van der Waals surface area contributed by atoms with Gasteiger partial charge in [0, 0.05) is 0 Å². The summed E-state index contributed by atoms with van der Waals surface area (Å²) in [5.41, 5.74) is -0.284. The minimum atomic E-state index is -1.15. The lowest BCUT2D eigenvalue weighted by Gasteiger charge is -2.24. The number of hydrogen-bond acceptors (Lipinski definition) is 2. The van der Waals surface area contributed by atoms with Crippen LogP contribution < -0.4 is 5.32 Å². The highest BCUT2D eigenvalue weighted by molar-refractivity contribution is 5.95. The number of halogens is 2. The molecule has 0 bridgehead atoms. The van der Waals surface area contributed by atoms with Crippen molar-refractivity contribution in [1.29, 1.82) is 0 Å². The third kappa shape index (κ3) is 2.84. The average Bonchev–Trinajstić information content (AvgIpc) is 2.43. The predicted octanol–water partition coefficient (Wildman–Crippen LogP) is 2.57. The Morgan fingerprint density at radius 1 is 1.15 bits per heavy atom. The number of carboxylic acid groups (broad SMARTS) is 1. The third-order valence-electron chi connectivity index (χ3n) is 3.30. The van der Waals surface area contributed by atoms with Crippen LogP contribution in [0.1, 0.15) is 12.8 Å². The summed E-state index contributed by atoms with van der Waals surface area (Å²) in [6.45, 7) is 0. The first kappa shape index (κ1) is 14.2. The van der Waals surface area contributed by atoms with Crippen molar-refractivity contribution in [2.75, 3.05) is 5.32 Å². The molecule has 0 fully saturated rings. The van der Waals surface area contributed by atoms with E-state index in [9.17, 15) is 18.4 Å². The van der Waals surface area contributed by atoms with E-state index >= 15 is 0 Å². The van der Waals surface area contributed by atoms with Crippen LogP contribution in [-0.4, -0.2) is 17.0 Å². The molecule has 1 aromatic rings. The fourth-order valence-electron chi connectivity index (χ4n) is 2.20. The van der Waals surface area contributed by atoms with Gasteiger partial charge in [-0.1, -0.05) is 18.2 Å². The maximum absolute atomic E-state index is 13.5. The molecule has 0 spiro atoms. The average molecular weight is 281 g/mol. The number of carbonyl (C=O) groups is 2. The van der Waals surface area contributed by atoms with E-state index in [0.717, 1.165) is 6.07 Å². The number of rotatable bonds is 3. The van der Waals surface area contributed by atoms with Crippen LogP contribution in [0.15, 0.2) is 30.4 Å². The summed E-state index contributed by atoms with van der Waals surface area (Å²) < 4.78 is 26.5. The van der Waals surface area contributed by atoms with E-state index in [2.05, 4.69) is 5.32 Å². The second kappa shape index (κ2) is 5.81. The summed E-state index contributed by atoms with van der Waals surface area (Å²) in [7, 11) is 0. The van der Waals surface area contributed by atoms with Gasteiger partial charge < -0.3 is 10.4 Å². The zero-order valence-electron chi connectivity index (χ0n) is 10.5. The van der Waals surface area contributed by atoms with Crippen LogP contribution in [0, 0.1) is 23.5 Å². The van der Waals surface area contributed by atoms with Crippen molar-refractivity contribution in [2.24, 2.45) is 11.8 Å². The molecule has 1 aromatic carbocycles. The van der Waals surface area contributed by atoms with Gasteiger partial charge in [-0.25, -0.2) is 8.78 Å². The Kier molecular flexibility index (Phi) is 4.12. The highest BCUT2D eigenvalue weighted by Gasteiger charge is 2.34. The molecule has 2 unspecified atom stereocenters. The van der Waals surface area contributed by atoms with Gasteiger partial charge in [-0.15, -0.1) is 0 Å². The normalized spacial score (nSPS) is 21.5. The van der Waals surface area contributed by atoms with E-state index in [1.54, 1.807) is 12.2 Å². The zero-order chi connectivity index (χ0) is 14.7. The van der Waals surface area contributed by atoms with Gasteiger partial charge in [0.1, 0.15) is 0 Å². The van der Waals surface area contributed by atoms with E-state index in [0.29, 0.717) is 0 Å². The summed E-state index contributed by atoms with van der Waals surface area (Å²) in [6.07, 6.45) is 3.93. The number of aliphatic carboxylic acids is 1. The number of amides is 1. The lowest BCUT2D eigenvalue weighted by atomic mass is 9.82. The summed E-state index contributed by atoms with van der Waals surface area (Å²) in [5.74, 6) is -5.56. The van der Waals surface area contributed by atoms with E-state index < -0.39 is 35.3 Å². The second-order valence-corrected chi connectivity index (χ2v) is 4.58. The molecule has 2 rings (SSSR count). The highest BCUT2D eigenvalue weighted by atomic mass is 19.2. The largest absolute Gasteiger partial charge is 0.481 e. The van der Waals surface area contributed by atoms with Gasteiger partial charge >= 0.3 is 5.97 Å². The molecule has 1 aliphatic carbocycles. The van der Waals surface area contributed by atoms with Crippen molar-refractivity contribution in [3.05, 3.63) is 42.0 Å². The Labute approximate surface area is 114 Å². The Morgan fingerprint density at radius 3 is 2.45 bits per heavy atom. The number of hydrogen-bond donors (Lipinski definition) is 2. The number of anilines is 1. The quantitative estimate of drug-likeness (QED) is 0.837. The van der Waals surface area contributed by atoms with Crippen molar-refractivity contribution < 1.29 is 23.5 Å². The van der Waals surface area contributed by atoms with E-state index in [1.165, 1.54) is 12.1 Å². The molecule has 0 aromatic heterocycles. The number of carboxylic acids is 1. The van der Waals surface area contributed by atoms with Gasteiger partial charge in [0.25, 0.3) is 0 Å². The first-order valence-electron chi connectivity index (χ1n) is 6.13. The van der Waals surface area contributed by atoms with Crippen LogP contribution in [-0.2, 0) is 9.59 Å². The van der Waals surface area contributed by atoms with Gasteiger partial charge in [0.2, 0.25) is 5.91 Å². The molecular weight excluding hydrogens is 268 g/mol. The molecule has 2 N–H and O–H groups in total. The molecule has 106 valence electrons. The van der Waals surface area contributed by atoms with Crippen molar-refractivity contribution in [3.63, 3.8) is 0 Å². The molecule has 1 aliphatic rings. The molecule has 1 amide bonds. The molecule has 20 heavy (non-hydrogen) atoms. The van der Waals surface area contributed by atoms with Crippen molar-refractivity contribution in [3.8, 4) is 0 Å². The van der Waals surface area contributed by atoms with Crippen LogP contribution in [0.4, 0.5) is 14.5 Å². The molecular formula is C14H13F2NO3. The lowest BCUT2D eigenvalue weighted by molar-refractivity contribution is -0.146. The molecule has 6 heteroatoms. The molecule has 0 radical (unpaired) electrons. The minimum absolute atomic E-state index is 0.249. The molecule has 0 heterocycles. The van der Waals surface area contributed by atoms with Crippen LogP contribution in [0.3, 0.4) is 0 Å². The van der Waals surface area contributed by atoms with Gasteiger partial charge in [0.05, 0.1) is 17.5 Å². The lowest BCUT2D eigenvalue weighted by Crippen LogP contribution is -2.35. The summed E-state index contributed by atoms with van der Waals surface area (Å²) >= 11 is 0. The Balaban J connectivity index is 2.17. The van der Waals surface area contributed by atoms with E-state index in [1.807, 2.05) is 0 Å². The first-order valence-corrected chi connectivity index (χ1v) is 6.13. The third-order valence-corrected chi connectivity index (χ3v) is 3.30. The van der Waals surface area contributed by atoms with Crippen molar-refractivity contribution in [1.82, 2.24) is 0 Å². The number of carbonyl (C=O) groups excluding carboxylic acids is 1. The zero-order valence-corrected chi connectivity index (χ0v) is 10.5. The number of benzene rings is 1. The minimum Gasteiger partial charge on any atom is -0.481 e. The SMILES string of the molecule is O=C(O)C1CC=CCC1C(=O)Nc1cccc(F)c1F. The smallest absolute Gasteiger partial charge is 0.307 e. The Hall–Kier alpha value is -2.24. The summed E-state index contributed by atoms with van der Waals surface area (Å²) in [6, 6.07) is 3.43. The summed E-state index contributed by atoms with van der Waals surface area (Å²) in [4.78, 5) is 23.1. The topological polar surface area (TPSA) is 66.4 Å². The fraction of sp³-hybridized carbons (Fsp3) is 0.286. The molecule has 2 atom stereocenters. The Morgan fingerprint density at radius 2 is 1.80 bits per heavy atom. The fourth-order valence-corrected chi connectivity index (χ4v) is 2.20. The molecule has 0 saturated carbocycles. The first-order chi connectivity index (χ1) is 9.50. The van der Waals surface area contributed by atoms with Crippen LogP contribution in [0.25, 0.3) is 0 Å². The standard InChI is InChI=1S/C14H13F2NO3/c15-10-6-3-7-11(12(10)16)17-13(18)8-4-1-2-5-9(8)14(19)20/h1-3,6-9H,4-5H2,(H,17,18)(H,19,20). The maximum atomic E-state index is 13.5. The van der Waals surface area contributed by atoms with E-state index in [4.69, 9.17) is 5.11 Å². The summed E-state index contributed by atoms with van der Waals surface area (Å²) in [5, 5.41) is 11.3. The van der Waals surface area contributed by atoms with Crippen molar-refractivity contribution >= 4 is 17.6 Å². The molecule has 0 saturated heterocycles.